The Bertz CT molecular complexity index is 762. The van der Waals surface area contributed by atoms with E-state index in [1.807, 2.05) is 42.5 Å². The molecule has 0 N–H and O–H groups in total. The lowest BCUT2D eigenvalue weighted by atomic mass is 10.0. The minimum absolute atomic E-state index is 0.226. The smallest absolute Gasteiger partial charge is 0.212 e. The molecule has 4 heteroatoms. The van der Waals surface area contributed by atoms with Crippen molar-refractivity contribution >= 4 is 16.9 Å². The summed E-state index contributed by atoms with van der Waals surface area (Å²) < 4.78 is 7.25. The summed E-state index contributed by atoms with van der Waals surface area (Å²) in [4.78, 5) is 0. The van der Waals surface area contributed by atoms with E-state index < -0.39 is 0 Å². The third-order valence-electron chi connectivity index (χ3n) is 3.49. The zero-order chi connectivity index (χ0) is 14.7. The summed E-state index contributed by atoms with van der Waals surface area (Å²) in [5, 5.41) is 8.35. The molecule has 0 aliphatic rings. The number of methoxy groups -OCH3 is 1. The highest BCUT2D eigenvalue weighted by Crippen LogP contribution is 2.22. The Balaban J connectivity index is 2.00. The van der Waals surface area contributed by atoms with E-state index in [-0.39, 0.29) is 5.92 Å². The monoisotopic (exact) mass is 279 g/mol. The highest BCUT2D eigenvalue weighted by atomic mass is 16.5. The number of fused-ring (bicyclic) bond motifs is 1. The number of aromatic nitrogens is 3. The van der Waals surface area contributed by atoms with Crippen LogP contribution < -0.4 is 0 Å². The molecule has 0 aliphatic heterocycles. The van der Waals surface area contributed by atoms with Crippen LogP contribution in [0.15, 0.2) is 60.7 Å². The molecule has 21 heavy (non-hydrogen) atoms. The summed E-state index contributed by atoms with van der Waals surface area (Å²) in [5.74, 6) is 0.907. The van der Waals surface area contributed by atoms with Crippen molar-refractivity contribution in [1.82, 2.24) is 15.0 Å². The number of allylic oxidation sites excluding steroid dienone is 1. The molecule has 1 unspecified atom stereocenters. The first-order valence-electron chi connectivity index (χ1n) is 6.91. The van der Waals surface area contributed by atoms with Gasteiger partial charge in [0, 0.05) is 5.92 Å². The van der Waals surface area contributed by atoms with E-state index >= 15 is 0 Å². The first-order valence-corrected chi connectivity index (χ1v) is 6.91. The van der Waals surface area contributed by atoms with Crippen LogP contribution in [0.2, 0.25) is 0 Å². The lowest BCUT2D eigenvalue weighted by Crippen LogP contribution is -2.03. The van der Waals surface area contributed by atoms with Crippen LogP contribution in [0.1, 0.15) is 18.4 Å². The second-order valence-electron chi connectivity index (χ2n) is 4.90. The summed E-state index contributed by atoms with van der Waals surface area (Å²) in [7, 11) is 1.65. The van der Waals surface area contributed by atoms with Crippen LogP contribution in [0.5, 0.6) is 0 Å². The highest BCUT2D eigenvalue weighted by molar-refractivity contribution is 5.76. The van der Waals surface area contributed by atoms with Gasteiger partial charge in [-0.05, 0) is 23.8 Å². The van der Waals surface area contributed by atoms with Gasteiger partial charge in [0.25, 0.3) is 0 Å². The molecule has 0 bridgehead atoms. The molecule has 1 atom stereocenters. The molecule has 106 valence electrons. The summed E-state index contributed by atoms with van der Waals surface area (Å²) in [5.41, 5.74) is 3.02. The van der Waals surface area contributed by atoms with Gasteiger partial charge in [-0.25, -0.2) is 0 Å². The van der Waals surface area contributed by atoms with Crippen LogP contribution in [-0.4, -0.2) is 22.1 Å². The lowest BCUT2D eigenvalue weighted by Gasteiger charge is -2.11. The van der Waals surface area contributed by atoms with E-state index in [0.717, 1.165) is 11.0 Å². The summed E-state index contributed by atoms with van der Waals surface area (Å²) in [6, 6.07) is 18.1. The predicted molar refractivity (Wildman–Crippen MR) is 83.7 cm³/mol. The van der Waals surface area contributed by atoms with Gasteiger partial charge in [0.05, 0.1) is 12.6 Å². The molecule has 3 aromatic rings. The van der Waals surface area contributed by atoms with Crippen molar-refractivity contribution in [3.05, 3.63) is 66.2 Å². The minimum atomic E-state index is 0.226. The molecular formula is C17H17N3O. The van der Waals surface area contributed by atoms with Crippen LogP contribution >= 0.6 is 0 Å². The first-order chi connectivity index (χ1) is 10.3. The molecule has 1 aromatic heterocycles. The van der Waals surface area contributed by atoms with Gasteiger partial charge in [-0.1, -0.05) is 54.6 Å². The Morgan fingerprint density at radius 2 is 1.81 bits per heavy atom. The number of hydrogen-bond donors (Lipinski definition) is 0. The molecule has 1 heterocycles. The maximum Gasteiger partial charge on any atom is 0.212 e. The van der Waals surface area contributed by atoms with E-state index in [1.165, 1.54) is 5.56 Å². The summed E-state index contributed by atoms with van der Waals surface area (Å²) in [6.45, 7) is 2.13. The zero-order valence-corrected chi connectivity index (χ0v) is 12.1. The Labute approximate surface area is 123 Å². The molecule has 3 rings (SSSR count). The van der Waals surface area contributed by atoms with Gasteiger partial charge in [-0.15, -0.1) is 5.10 Å². The quantitative estimate of drug-likeness (QED) is 0.684. The SMILES string of the molecule is CO/C(=C/C(C)c1ccccc1)n1nnc2ccccc21. The van der Waals surface area contributed by atoms with Crippen molar-refractivity contribution in [2.75, 3.05) is 7.11 Å². The van der Waals surface area contributed by atoms with E-state index in [1.54, 1.807) is 11.8 Å². The van der Waals surface area contributed by atoms with Gasteiger partial charge in [-0.2, -0.15) is 4.68 Å². The van der Waals surface area contributed by atoms with Gasteiger partial charge < -0.3 is 4.74 Å². The van der Waals surface area contributed by atoms with Crippen molar-refractivity contribution in [3.63, 3.8) is 0 Å². The minimum Gasteiger partial charge on any atom is -0.481 e. The van der Waals surface area contributed by atoms with Gasteiger partial charge in [-0.3, -0.25) is 0 Å². The van der Waals surface area contributed by atoms with Crippen molar-refractivity contribution in [3.8, 4) is 0 Å². The number of hydrogen-bond acceptors (Lipinski definition) is 3. The number of ether oxygens (including phenoxy) is 1. The van der Waals surface area contributed by atoms with Crippen molar-refractivity contribution < 1.29 is 4.74 Å². The molecule has 0 spiro atoms. The Kier molecular flexibility index (Phi) is 3.69. The molecule has 0 fully saturated rings. The lowest BCUT2D eigenvalue weighted by molar-refractivity contribution is 0.335. The average molecular weight is 279 g/mol. The van der Waals surface area contributed by atoms with Crippen molar-refractivity contribution in [1.29, 1.82) is 0 Å². The fraction of sp³-hybridized carbons (Fsp3) is 0.176. The van der Waals surface area contributed by atoms with Gasteiger partial charge in [0.2, 0.25) is 5.88 Å². The largest absolute Gasteiger partial charge is 0.481 e. The van der Waals surface area contributed by atoms with Crippen LogP contribution in [0, 0.1) is 0 Å². The number of nitrogens with zero attached hydrogens (tertiary/aromatic N) is 3. The Hall–Kier alpha value is -2.62. The second kappa shape index (κ2) is 5.79. The second-order valence-corrected chi connectivity index (χ2v) is 4.90. The van der Waals surface area contributed by atoms with Gasteiger partial charge in [0.15, 0.2) is 0 Å². The number of para-hydroxylation sites is 1. The van der Waals surface area contributed by atoms with E-state index in [0.29, 0.717) is 5.88 Å². The van der Waals surface area contributed by atoms with Crippen LogP contribution in [0.3, 0.4) is 0 Å². The van der Waals surface area contributed by atoms with E-state index in [4.69, 9.17) is 4.74 Å². The summed E-state index contributed by atoms with van der Waals surface area (Å²) >= 11 is 0. The van der Waals surface area contributed by atoms with Crippen molar-refractivity contribution in [2.45, 2.75) is 12.8 Å². The van der Waals surface area contributed by atoms with E-state index in [9.17, 15) is 0 Å². The molecule has 0 aliphatic carbocycles. The Morgan fingerprint density at radius 1 is 1.10 bits per heavy atom. The van der Waals surface area contributed by atoms with Gasteiger partial charge >= 0.3 is 0 Å². The molecular weight excluding hydrogens is 262 g/mol. The topological polar surface area (TPSA) is 39.9 Å². The molecule has 2 aromatic carbocycles. The number of rotatable bonds is 4. The summed E-state index contributed by atoms with van der Waals surface area (Å²) in [6.07, 6.45) is 2.05. The molecule has 0 saturated carbocycles. The zero-order valence-electron chi connectivity index (χ0n) is 12.1. The fourth-order valence-corrected chi connectivity index (χ4v) is 2.32. The normalized spacial score (nSPS) is 13.3. The molecule has 0 saturated heterocycles. The highest BCUT2D eigenvalue weighted by Gasteiger charge is 2.11. The third-order valence-corrected chi connectivity index (χ3v) is 3.49. The molecule has 0 amide bonds. The standard InChI is InChI=1S/C17H17N3O/c1-13(14-8-4-3-5-9-14)12-17(21-2)20-16-11-7-6-10-15(16)18-19-20/h3-13H,1-2H3/b17-12+. The predicted octanol–water partition coefficient (Wildman–Crippen LogP) is 3.68. The van der Waals surface area contributed by atoms with Crippen LogP contribution in [-0.2, 0) is 4.74 Å². The Morgan fingerprint density at radius 3 is 2.57 bits per heavy atom. The van der Waals surface area contributed by atoms with Crippen LogP contribution in [0.25, 0.3) is 16.9 Å². The van der Waals surface area contributed by atoms with Crippen LogP contribution in [0.4, 0.5) is 0 Å². The molecule has 0 radical (unpaired) electrons. The average Bonchev–Trinajstić information content (AvgIpc) is 2.97. The maximum atomic E-state index is 5.52. The number of benzene rings is 2. The fourth-order valence-electron chi connectivity index (χ4n) is 2.32. The van der Waals surface area contributed by atoms with Crippen molar-refractivity contribution in [2.24, 2.45) is 0 Å². The first kappa shape index (κ1) is 13.4. The maximum absolute atomic E-state index is 5.52. The van der Waals surface area contributed by atoms with E-state index in [2.05, 4.69) is 35.4 Å². The molecule has 4 nitrogen and oxygen atoms in total. The van der Waals surface area contributed by atoms with Gasteiger partial charge in [0.1, 0.15) is 5.52 Å². The third kappa shape index (κ3) is 2.65.